The third-order valence-corrected chi connectivity index (χ3v) is 7.26. The average Bonchev–Trinajstić information content (AvgIpc) is 3.67. The number of halogens is 7. The van der Waals surface area contributed by atoms with E-state index in [9.17, 15) is 26.3 Å². The minimum Gasteiger partial charge on any atom is -0.399 e. The van der Waals surface area contributed by atoms with Crippen molar-refractivity contribution in [2.45, 2.75) is 37.8 Å². The molecule has 0 atom stereocenters. The molecule has 252 valence electrons. The molecule has 15 heteroatoms. The highest BCUT2D eigenvalue weighted by Crippen LogP contribution is 2.33. The van der Waals surface area contributed by atoms with Crippen molar-refractivity contribution in [3.05, 3.63) is 112 Å². The molecule has 0 spiro atoms. The molecule has 2 aliphatic heterocycles. The van der Waals surface area contributed by atoms with Crippen molar-refractivity contribution >= 4 is 33.0 Å². The predicted molar refractivity (Wildman–Crippen MR) is 165 cm³/mol. The fraction of sp³-hybridized carbons (Fsp3) is 0.312. The van der Waals surface area contributed by atoms with Crippen molar-refractivity contribution in [2.24, 2.45) is 0 Å². The molecule has 2 aromatic carbocycles. The van der Waals surface area contributed by atoms with Crippen LogP contribution in [0.2, 0.25) is 0 Å². The van der Waals surface area contributed by atoms with Gasteiger partial charge in [0.25, 0.3) is 0 Å². The highest BCUT2D eigenvalue weighted by Gasteiger charge is 2.35. The van der Waals surface area contributed by atoms with Crippen molar-refractivity contribution in [3.8, 4) is 0 Å². The van der Waals surface area contributed by atoms with E-state index in [2.05, 4.69) is 31.2 Å². The number of aromatic nitrogens is 2. The van der Waals surface area contributed by atoms with Gasteiger partial charge in [0.05, 0.1) is 60.8 Å². The molecule has 6 rings (SSSR count). The number of alkyl halides is 6. The van der Waals surface area contributed by atoms with E-state index >= 15 is 0 Å². The molecule has 4 aromatic rings. The summed E-state index contributed by atoms with van der Waals surface area (Å²) in [7, 11) is 0. The maximum absolute atomic E-state index is 12.7. The van der Waals surface area contributed by atoms with Crippen LogP contribution in [0.5, 0.6) is 0 Å². The third-order valence-electron chi connectivity index (χ3n) is 6.79. The Bertz CT molecular complexity index is 1590. The molecule has 4 heterocycles. The van der Waals surface area contributed by atoms with Crippen LogP contribution in [0.4, 0.5) is 43.4 Å². The zero-order valence-corrected chi connectivity index (χ0v) is 26.7. The van der Waals surface area contributed by atoms with Gasteiger partial charge in [0.15, 0.2) is 0 Å². The van der Waals surface area contributed by atoms with Gasteiger partial charge in [-0.25, -0.2) is 0 Å². The van der Waals surface area contributed by atoms with E-state index < -0.39 is 35.1 Å². The van der Waals surface area contributed by atoms with Gasteiger partial charge < -0.3 is 30.0 Å². The lowest BCUT2D eigenvalue weighted by atomic mass is 10.2. The number of rotatable bonds is 4. The summed E-state index contributed by atoms with van der Waals surface area (Å²) in [6, 6.07) is 16.8. The number of nitrogens with one attached hydrogen (secondary N) is 1. The van der Waals surface area contributed by atoms with Gasteiger partial charge in [0.2, 0.25) is 11.6 Å². The lowest BCUT2D eigenvalue weighted by Crippen LogP contribution is -2.23. The van der Waals surface area contributed by atoms with Crippen LogP contribution in [0.1, 0.15) is 36.4 Å². The third kappa shape index (κ3) is 10.1. The van der Waals surface area contributed by atoms with E-state index in [-0.39, 0.29) is 5.69 Å². The van der Waals surface area contributed by atoms with E-state index in [4.69, 9.17) is 24.7 Å². The van der Waals surface area contributed by atoms with Gasteiger partial charge in [-0.1, -0.05) is 12.1 Å². The highest BCUT2D eigenvalue weighted by molar-refractivity contribution is 9.10. The van der Waals surface area contributed by atoms with Gasteiger partial charge in [-0.2, -0.15) is 26.3 Å². The Labute approximate surface area is 275 Å². The molecule has 0 bridgehead atoms. The normalized spacial score (nSPS) is 16.8. The Balaban J connectivity index is 0.000000176. The van der Waals surface area contributed by atoms with Gasteiger partial charge in [0.1, 0.15) is 0 Å². The maximum atomic E-state index is 12.7. The summed E-state index contributed by atoms with van der Waals surface area (Å²) in [6.45, 7) is 5.94. The number of hydrogen-bond acceptors (Lipinski definition) is 8. The monoisotopic (exact) mass is 728 g/mol. The van der Waals surface area contributed by atoms with Crippen molar-refractivity contribution in [3.63, 3.8) is 0 Å². The van der Waals surface area contributed by atoms with Crippen molar-refractivity contribution in [2.75, 3.05) is 37.5 Å². The van der Waals surface area contributed by atoms with E-state index in [1.807, 2.05) is 19.1 Å². The van der Waals surface area contributed by atoms with Crippen LogP contribution in [0.25, 0.3) is 0 Å². The van der Waals surface area contributed by atoms with Crippen molar-refractivity contribution in [1.29, 1.82) is 0 Å². The van der Waals surface area contributed by atoms with E-state index in [0.29, 0.717) is 43.5 Å². The first-order chi connectivity index (χ1) is 22.1. The second-order valence-corrected chi connectivity index (χ2v) is 11.3. The summed E-state index contributed by atoms with van der Waals surface area (Å²) in [4.78, 5) is 8.50. The molecule has 47 heavy (non-hydrogen) atoms. The molecule has 0 amide bonds. The van der Waals surface area contributed by atoms with E-state index in [1.54, 1.807) is 31.3 Å². The number of nitrogens with zero attached hydrogens (tertiary/aromatic N) is 2. The fourth-order valence-electron chi connectivity index (χ4n) is 4.36. The fourth-order valence-corrected chi connectivity index (χ4v) is 4.60. The maximum Gasteiger partial charge on any atom is 0.416 e. The molecular formula is C32H31BrF6N4O4. The Kier molecular flexibility index (Phi) is 11.5. The summed E-state index contributed by atoms with van der Waals surface area (Å²) in [5.41, 5.74) is 6.22. The second-order valence-electron chi connectivity index (χ2n) is 10.4. The Hall–Kier alpha value is -3.76. The molecule has 0 radical (unpaired) electrons. The van der Waals surface area contributed by atoms with Gasteiger partial charge in [-0.15, -0.1) is 0 Å². The van der Waals surface area contributed by atoms with Crippen LogP contribution < -0.4 is 11.1 Å². The molecule has 2 aliphatic rings. The Morgan fingerprint density at radius 3 is 1.57 bits per heavy atom. The zero-order chi connectivity index (χ0) is 34.3. The number of pyridine rings is 2. The first-order valence-corrected chi connectivity index (χ1v) is 14.9. The minimum atomic E-state index is -4.37. The lowest BCUT2D eigenvalue weighted by molar-refractivity contribution is -0.153. The number of hydrogen-bond donors (Lipinski definition) is 2. The summed E-state index contributed by atoms with van der Waals surface area (Å²) in [5.74, 6) is -1.52. The topological polar surface area (TPSA) is 101 Å². The van der Waals surface area contributed by atoms with Crippen LogP contribution in [0, 0.1) is 0 Å². The van der Waals surface area contributed by atoms with Gasteiger partial charge in [0, 0.05) is 22.0 Å². The summed E-state index contributed by atoms with van der Waals surface area (Å²) in [6.07, 6.45) is -5.39. The number of nitrogen functional groups attached to an aromatic ring is 1. The highest BCUT2D eigenvalue weighted by atomic mass is 79.9. The molecule has 0 aliphatic carbocycles. The predicted octanol–water partition coefficient (Wildman–Crippen LogP) is 8.41. The summed E-state index contributed by atoms with van der Waals surface area (Å²) >= 11 is 3.33. The Morgan fingerprint density at radius 1 is 0.660 bits per heavy atom. The largest absolute Gasteiger partial charge is 0.416 e. The first-order valence-electron chi connectivity index (χ1n) is 14.1. The van der Waals surface area contributed by atoms with Crippen LogP contribution >= 0.6 is 15.9 Å². The molecule has 0 saturated carbocycles. The number of ether oxygens (including phenoxy) is 4. The van der Waals surface area contributed by atoms with Crippen molar-refractivity contribution in [1.82, 2.24) is 9.97 Å². The molecule has 2 aromatic heterocycles. The number of anilines is 3. The van der Waals surface area contributed by atoms with Gasteiger partial charge in [-0.05, 0) is 90.4 Å². The van der Waals surface area contributed by atoms with Crippen LogP contribution in [-0.2, 0) is 42.9 Å². The molecule has 8 nitrogen and oxygen atoms in total. The number of benzene rings is 2. The van der Waals surface area contributed by atoms with Gasteiger partial charge in [-0.3, -0.25) is 9.97 Å². The van der Waals surface area contributed by atoms with Crippen LogP contribution in [0.3, 0.4) is 0 Å². The van der Waals surface area contributed by atoms with E-state index in [0.717, 1.165) is 34.4 Å². The second kappa shape index (κ2) is 15.0. The number of nitrogens with two attached hydrogens (primary N) is 1. The summed E-state index contributed by atoms with van der Waals surface area (Å²) in [5, 5.41) is 2.90. The molecule has 0 unspecified atom stereocenters. The minimum absolute atomic E-state index is 0.125. The zero-order valence-electron chi connectivity index (χ0n) is 25.2. The standard InChI is InChI=1S/C16H15F3N2O2.C9H10BrNO2.C7H6F3N/c1-15(22-7-8-23-15)14-6-5-13(10-20-14)21-12-4-2-3-11(9-12)16(17,18)19;1-9(12-4-5-13-9)8-3-2-7(10)6-11-8;8-7(9,10)5-2-1-3-6(11)4-5/h2-6,9-10,21H,7-8H2,1H3;2-3,6H,4-5H2,1H3;1-4H,11H2. The molecule has 3 N–H and O–H groups in total. The molecule has 2 fully saturated rings. The Morgan fingerprint density at radius 2 is 1.15 bits per heavy atom. The molecular weight excluding hydrogens is 698 g/mol. The average molecular weight is 730 g/mol. The van der Waals surface area contributed by atoms with Crippen molar-refractivity contribution < 1.29 is 45.3 Å². The van der Waals surface area contributed by atoms with Crippen LogP contribution in [-0.4, -0.2) is 36.4 Å². The molecule has 2 saturated heterocycles. The first kappa shape index (κ1) is 36.1. The van der Waals surface area contributed by atoms with Crippen LogP contribution in [0.15, 0.2) is 89.7 Å². The smallest absolute Gasteiger partial charge is 0.399 e. The van der Waals surface area contributed by atoms with Gasteiger partial charge >= 0.3 is 12.4 Å². The van der Waals surface area contributed by atoms with E-state index in [1.165, 1.54) is 24.4 Å². The summed E-state index contributed by atoms with van der Waals surface area (Å²) < 4.78 is 96.8. The lowest BCUT2D eigenvalue weighted by Gasteiger charge is -2.21. The quantitative estimate of drug-likeness (QED) is 0.160. The SMILES string of the molecule is CC1(c2ccc(Br)cn2)OCCO1.CC1(c2ccc(Nc3cccc(C(F)(F)F)c3)cn2)OCCO1.Nc1cccc(C(F)(F)F)c1.